The second-order valence-corrected chi connectivity index (χ2v) is 3.14. The molecule has 0 aliphatic heterocycles. The maximum Gasteiger partial charge on any atom is 0.454 e. The van der Waals surface area contributed by atoms with E-state index in [1.54, 1.807) is 0 Å². The predicted octanol–water partition coefficient (Wildman–Crippen LogP) is 3.73. The molecule has 0 aromatic heterocycles. The van der Waals surface area contributed by atoms with E-state index >= 15 is 0 Å². The van der Waals surface area contributed by atoms with Crippen LogP contribution in [0.2, 0.25) is 0 Å². The van der Waals surface area contributed by atoms with Crippen LogP contribution in [0.4, 0.5) is 35.1 Å². The van der Waals surface area contributed by atoms with Crippen molar-refractivity contribution in [1.29, 1.82) is 0 Å². The van der Waals surface area contributed by atoms with E-state index in [1.165, 1.54) is 0 Å². The Morgan fingerprint density at radius 2 is 1.44 bits per heavy atom. The number of ketones is 1. The van der Waals surface area contributed by atoms with Crippen molar-refractivity contribution in [2.24, 2.45) is 0 Å². The summed E-state index contributed by atoms with van der Waals surface area (Å²) in [6.07, 6.45) is -10.9. The second kappa shape index (κ2) is 4.21. The van der Waals surface area contributed by atoms with Gasteiger partial charge in [-0.2, -0.15) is 26.3 Å². The molecule has 1 rings (SSSR count). The van der Waals surface area contributed by atoms with Gasteiger partial charge in [-0.15, -0.1) is 0 Å². The van der Waals surface area contributed by atoms with Crippen molar-refractivity contribution in [3.63, 3.8) is 0 Å². The van der Waals surface area contributed by atoms with Gasteiger partial charge in [-0.3, -0.25) is 4.79 Å². The largest absolute Gasteiger partial charge is 0.454 e. The number of hydrogen-bond donors (Lipinski definition) is 0. The molecule has 18 heavy (non-hydrogen) atoms. The molecular formula is C9H2F8O. The van der Waals surface area contributed by atoms with E-state index in [1.807, 2.05) is 0 Å². The summed E-state index contributed by atoms with van der Waals surface area (Å²) in [4.78, 5) is 10.6. The van der Waals surface area contributed by atoms with Gasteiger partial charge in [0.2, 0.25) is 0 Å². The van der Waals surface area contributed by atoms with Crippen LogP contribution in [0.1, 0.15) is 15.9 Å². The zero-order chi connectivity index (χ0) is 14.3. The first-order valence-corrected chi connectivity index (χ1v) is 4.12. The second-order valence-electron chi connectivity index (χ2n) is 3.14. The Morgan fingerprint density at radius 1 is 0.944 bits per heavy atom. The van der Waals surface area contributed by atoms with E-state index in [-0.39, 0.29) is 12.1 Å². The van der Waals surface area contributed by atoms with Crippen molar-refractivity contribution in [1.82, 2.24) is 0 Å². The van der Waals surface area contributed by atoms with Crippen molar-refractivity contribution in [3.05, 3.63) is 34.9 Å². The summed E-state index contributed by atoms with van der Waals surface area (Å²) in [6.45, 7) is 0. The number of carbonyl (C=O) groups is 1. The van der Waals surface area contributed by atoms with E-state index < -0.39 is 40.9 Å². The maximum atomic E-state index is 12.8. The Labute approximate surface area is 94.0 Å². The molecule has 0 aliphatic carbocycles. The Hall–Kier alpha value is -1.67. The zero-order valence-electron chi connectivity index (χ0n) is 8.09. The third kappa shape index (κ3) is 2.77. The lowest BCUT2D eigenvalue weighted by atomic mass is 10.1. The topological polar surface area (TPSA) is 17.1 Å². The Balaban J connectivity index is 3.43. The number of carbonyl (C=O) groups excluding carboxylic acids is 1. The van der Waals surface area contributed by atoms with Crippen LogP contribution in [0.15, 0.2) is 12.1 Å². The molecule has 0 heterocycles. The van der Waals surface area contributed by atoms with Gasteiger partial charge in [-0.1, -0.05) is 0 Å². The van der Waals surface area contributed by atoms with Gasteiger partial charge < -0.3 is 0 Å². The van der Waals surface area contributed by atoms with Gasteiger partial charge >= 0.3 is 12.4 Å². The smallest absolute Gasteiger partial charge is 0.284 e. The Bertz CT molecular complexity index is 485. The molecule has 0 amide bonds. The van der Waals surface area contributed by atoms with Gasteiger partial charge in [-0.05, 0) is 12.1 Å². The molecule has 0 saturated carbocycles. The lowest BCUT2D eigenvalue weighted by Crippen LogP contribution is -2.24. The molecule has 0 saturated heterocycles. The fourth-order valence-corrected chi connectivity index (χ4v) is 1.09. The Morgan fingerprint density at radius 3 is 1.83 bits per heavy atom. The predicted molar refractivity (Wildman–Crippen MR) is 41.7 cm³/mol. The number of benzene rings is 1. The fourth-order valence-electron chi connectivity index (χ4n) is 1.09. The van der Waals surface area contributed by atoms with Gasteiger partial charge in [0.25, 0.3) is 5.78 Å². The molecule has 1 aromatic rings. The molecule has 9 heteroatoms. The number of Topliss-reactive ketones (excluding diaryl/α,β-unsaturated/α-hetero) is 1. The SMILES string of the molecule is O=C(c1cc(F)c(F)c(C(F)(F)F)c1)C(F)(F)F. The lowest BCUT2D eigenvalue weighted by Gasteiger charge is -2.11. The minimum atomic E-state index is -5.48. The first-order chi connectivity index (χ1) is 7.94. The summed E-state index contributed by atoms with van der Waals surface area (Å²) in [5, 5.41) is 0. The molecule has 0 bridgehead atoms. The molecule has 0 atom stereocenters. The molecule has 0 N–H and O–H groups in total. The summed E-state index contributed by atoms with van der Waals surface area (Å²) in [7, 11) is 0. The average molecular weight is 278 g/mol. The minimum Gasteiger partial charge on any atom is -0.284 e. The van der Waals surface area contributed by atoms with Crippen LogP contribution in [0.5, 0.6) is 0 Å². The zero-order valence-corrected chi connectivity index (χ0v) is 8.09. The average Bonchev–Trinajstić information content (AvgIpc) is 2.17. The summed E-state index contributed by atoms with van der Waals surface area (Å²) in [6, 6.07) is -0.616. The number of rotatable bonds is 1. The highest BCUT2D eigenvalue weighted by Crippen LogP contribution is 2.34. The highest BCUT2D eigenvalue weighted by molar-refractivity contribution is 6.00. The van der Waals surface area contributed by atoms with Crippen LogP contribution in [0, 0.1) is 11.6 Å². The van der Waals surface area contributed by atoms with Crippen molar-refractivity contribution in [3.8, 4) is 0 Å². The van der Waals surface area contributed by atoms with E-state index in [4.69, 9.17) is 0 Å². The van der Waals surface area contributed by atoms with Crippen molar-refractivity contribution < 1.29 is 39.9 Å². The third-order valence-electron chi connectivity index (χ3n) is 1.85. The van der Waals surface area contributed by atoms with Crippen LogP contribution in [0.3, 0.4) is 0 Å². The number of halogens is 8. The van der Waals surface area contributed by atoms with E-state index in [0.717, 1.165) is 0 Å². The summed E-state index contributed by atoms with van der Waals surface area (Å²) < 4.78 is 97.8. The molecule has 0 unspecified atom stereocenters. The number of hydrogen-bond acceptors (Lipinski definition) is 1. The van der Waals surface area contributed by atoms with Gasteiger partial charge in [0.15, 0.2) is 11.6 Å². The summed E-state index contributed by atoms with van der Waals surface area (Å²) in [5.74, 6) is -7.23. The van der Waals surface area contributed by atoms with Crippen molar-refractivity contribution >= 4 is 5.78 Å². The Kier molecular flexibility index (Phi) is 3.37. The standard InChI is InChI=1S/C9H2F8O/c10-5-2-3(7(18)9(15,16)17)1-4(6(5)11)8(12,13)14/h1-2H. The van der Waals surface area contributed by atoms with E-state index in [0.29, 0.717) is 0 Å². The fraction of sp³-hybridized carbons (Fsp3) is 0.222. The van der Waals surface area contributed by atoms with Crippen molar-refractivity contribution in [2.75, 3.05) is 0 Å². The quantitative estimate of drug-likeness (QED) is 0.565. The van der Waals surface area contributed by atoms with Gasteiger partial charge in [0.05, 0.1) is 5.56 Å². The third-order valence-corrected chi connectivity index (χ3v) is 1.85. The van der Waals surface area contributed by atoms with Gasteiger partial charge in [0, 0.05) is 5.56 Å². The molecule has 0 spiro atoms. The molecular weight excluding hydrogens is 276 g/mol. The van der Waals surface area contributed by atoms with Crippen LogP contribution in [0.25, 0.3) is 0 Å². The summed E-state index contributed by atoms with van der Waals surface area (Å²) >= 11 is 0. The van der Waals surface area contributed by atoms with Crippen LogP contribution < -0.4 is 0 Å². The first-order valence-electron chi connectivity index (χ1n) is 4.12. The normalized spacial score (nSPS) is 12.7. The molecule has 1 aromatic carbocycles. The lowest BCUT2D eigenvalue weighted by molar-refractivity contribution is -0.140. The molecule has 1 nitrogen and oxygen atoms in total. The first kappa shape index (κ1) is 14.4. The monoisotopic (exact) mass is 278 g/mol. The van der Waals surface area contributed by atoms with Crippen LogP contribution in [-0.2, 0) is 6.18 Å². The van der Waals surface area contributed by atoms with Crippen LogP contribution in [-0.4, -0.2) is 12.0 Å². The van der Waals surface area contributed by atoms with E-state index in [9.17, 15) is 39.9 Å². The highest BCUT2D eigenvalue weighted by atomic mass is 19.4. The molecule has 0 radical (unpaired) electrons. The van der Waals surface area contributed by atoms with Crippen molar-refractivity contribution in [2.45, 2.75) is 12.4 Å². The van der Waals surface area contributed by atoms with Crippen LogP contribution >= 0.6 is 0 Å². The highest BCUT2D eigenvalue weighted by Gasteiger charge is 2.42. The molecule has 100 valence electrons. The summed E-state index contributed by atoms with van der Waals surface area (Å²) in [5.41, 5.74) is -3.89. The number of alkyl halides is 6. The van der Waals surface area contributed by atoms with Gasteiger partial charge in [0.1, 0.15) is 0 Å². The maximum absolute atomic E-state index is 12.8. The molecule has 0 aliphatic rings. The van der Waals surface area contributed by atoms with Gasteiger partial charge in [-0.25, -0.2) is 8.78 Å². The minimum absolute atomic E-state index is 0.236. The van der Waals surface area contributed by atoms with E-state index in [2.05, 4.69) is 0 Å². The molecule has 0 fully saturated rings.